The van der Waals surface area contributed by atoms with Gasteiger partial charge in [-0.2, -0.15) is 0 Å². The fourth-order valence-corrected chi connectivity index (χ4v) is 2.80. The van der Waals surface area contributed by atoms with Gasteiger partial charge in [0.15, 0.2) is 0 Å². The minimum atomic E-state index is -0.404. The summed E-state index contributed by atoms with van der Waals surface area (Å²) in [5.74, 6) is 0.00676. The number of urea groups is 1. The van der Waals surface area contributed by atoms with E-state index in [1.54, 1.807) is 0 Å². The van der Waals surface area contributed by atoms with E-state index in [-0.39, 0.29) is 23.7 Å². The predicted octanol–water partition coefficient (Wildman–Crippen LogP) is 3.88. The molecule has 2 N–H and O–H groups in total. The fourth-order valence-electron chi connectivity index (χ4n) is 2.58. The minimum Gasteiger partial charge on any atom is -0.490 e. The highest BCUT2D eigenvalue weighted by Crippen LogP contribution is 2.24. The largest absolute Gasteiger partial charge is 0.490 e. The van der Waals surface area contributed by atoms with Gasteiger partial charge in [0.25, 0.3) is 0 Å². The Morgan fingerprint density at radius 2 is 2.00 bits per heavy atom. The van der Waals surface area contributed by atoms with Crippen LogP contribution < -0.4 is 15.4 Å². The number of carbonyl (C=O) groups excluding carboxylic acids is 1. The van der Waals surface area contributed by atoms with Crippen molar-refractivity contribution in [2.24, 2.45) is 0 Å². The van der Waals surface area contributed by atoms with E-state index in [1.807, 2.05) is 0 Å². The molecule has 0 radical (unpaired) electrons. The first-order valence-corrected chi connectivity index (χ1v) is 8.15. The predicted molar refractivity (Wildman–Crippen MR) is 84.9 cm³/mol. The first-order valence-electron chi connectivity index (χ1n) is 7.77. The van der Waals surface area contributed by atoms with E-state index < -0.39 is 5.82 Å². The molecule has 122 valence electrons. The van der Waals surface area contributed by atoms with E-state index in [1.165, 1.54) is 43.9 Å². The molecule has 0 aromatic heterocycles. The Morgan fingerprint density at radius 3 is 2.68 bits per heavy atom. The van der Waals surface area contributed by atoms with Gasteiger partial charge in [0.1, 0.15) is 18.2 Å². The van der Waals surface area contributed by atoms with Gasteiger partial charge < -0.3 is 15.4 Å². The van der Waals surface area contributed by atoms with Crippen LogP contribution in [-0.4, -0.2) is 25.2 Å². The average Bonchev–Trinajstić information content (AvgIpc) is 2.74. The lowest BCUT2D eigenvalue weighted by molar-refractivity contribution is 0.231. The maximum absolute atomic E-state index is 12.9. The van der Waals surface area contributed by atoms with E-state index in [2.05, 4.69) is 10.6 Å². The molecule has 0 saturated heterocycles. The van der Waals surface area contributed by atoms with Crippen molar-refractivity contribution in [3.05, 3.63) is 29.0 Å². The summed E-state index contributed by atoms with van der Waals surface area (Å²) in [7, 11) is 0. The molecule has 2 amide bonds. The van der Waals surface area contributed by atoms with Crippen LogP contribution in [0.2, 0.25) is 5.02 Å². The maximum Gasteiger partial charge on any atom is 0.315 e. The molecule has 6 heteroatoms. The smallest absolute Gasteiger partial charge is 0.315 e. The van der Waals surface area contributed by atoms with Crippen LogP contribution in [0.15, 0.2) is 18.2 Å². The molecule has 1 aromatic rings. The summed E-state index contributed by atoms with van der Waals surface area (Å²) in [6, 6.07) is 4.07. The Kier molecular flexibility index (Phi) is 6.77. The number of amides is 2. The number of hydrogen-bond donors (Lipinski definition) is 2. The lowest BCUT2D eigenvalue weighted by Gasteiger charge is -2.17. The first kappa shape index (κ1) is 16.9. The van der Waals surface area contributed by atoms with Crippen LogP contribution in [0.5, 0.6) is 5.75 Å². The summed E-state index contributed by atoms with van der Waals surface area (Å²) in [4.78, 5) is 11.8. The third-order valence-corrected chi connectivity index (χ3v) is 4.02. The SMILES string of the molecule is O=C(NCCOc1ccc(F)cc1Cl)NC1CCCCCC1. The van der Waals surface area contributed by atoms with E-state index in [4.69, 9.17) is 16.3 Å². The van der Waals surface area contributed by atoms with Gasteiger partial charge in [0.05, 0.1) is 11.6 Å². The highest BCUT2D eigenvalue weighted by molar-refractivity contribution is 6.32. The van der Waals surface area contributed by atoms with Crippen LogP contribution in [0.25, 0.3) is 0 Å². The number of carbonyl (C=O) groups is 1. The lowest BCUT2D eigenvalue weighted by atomic mass is 10.1. The second-order valence-electron chi connectivity index (χ2n) is 5.51. The topological polar surface area (TPSA) is 50.4 Å². The molecule has 0 bridgehead atoms. The molecule has 1 saturated carbocycles. The molecule has 0 unspecified atom stereocenters. The van der Waals surface area contributed by atoms with Crippen LogP contribution in [0, 0.1) is 5.82 Å². The molecule has 0 heterocycles. The molecule has 1 fully saturated rings. The highest BCUT2D eigenvalue weighted by atomic mass is 35.5. The van der Waals surface area contributed by atoms with Gasteiger partial charge in [0.2, 0.25) is 0 Å². The molecule has 4 nitrogen and oxygen atoms in total. The van der Waals surface area contributed by atoms with Crippen molar-refractivity contribution < 1.29 is 13.9 Å². The van der Waals surface area contributed by atoms with Gasteiger partial charge in [0, 0.05) is 6.04 Å². The average molecular weight is 329 g/mol. The third kappa shape index (κ3) is 5.72. The number of ether oxygens (including phenoxy) is 1. The lowest BCUT2D eigenvalue weighted by Crippen LogP contribution is -2.43. The van der Waals surface area contributed by atoms with E-state index >= 15 is 0 Å². The number of halogens is 2. The van der Waals surface area contributed by atoms with Crippen LogP contribution >= 0.6 is 11.6 Å². The van der Waals surface area contributed by atoms with Crippen LogP contribution in [-0.2, 0) is 0 Å². The number of benzene rings is 1. The van der Waals surface area contributed by atoms with Gasteiger partial charge in [-0.15, -0.1) is 0 Å². The van der Waals surface area contributed by atoms with Crippen molar-refractivity contribution in [2.75, 3.05) is 13.2 Å². The van der Waals surface area contributed by atoms with Crippen LogP contribution in [0.4, 0.5) is 9.18 Å². The van der Waals surface area contributed by atoms with Crippen molar-refractivity contribution in [2.45, 2.75) is 44.6 Å². The van der Waals surface area contributed by atoms with Gasteiger partial charge in [-0.1, -0.05) is 37.3 Å². The zero-order chi connectivity index (χ0) is 15.8. The van der Waals surface area contributed by atoms with E-state index in [0.29, 0.717) is 12.3 Å². The normalized spacial score (nSPS) is 15.9. The minimum absolute atomic E-state index is 0.166. The van der Waals surface area contributed by atoms with Gasteiger partial charge >= 0.3 is 6.03 Å². The summed E-state index contributed by atoms with van der Waals surface area (Å²) >= 11 is 5.85. The van der Waals surface area contributed by atoms with Gasteiger partial charge in [-0.25, -0.2) is 9.18 Å². The molecular weight excluding hydrogens is 307 g/mol. The summed E-state index contributed by atoms with van der Waals surface area (Å²) in [6.07, 6.45) is 6.97. The Morgan fingerprint density at radius 1 is 1.27 bits per heavy atom. The summed E-state index contributed by atoms with van der Waals surface area (Å²) in [5, 5.41) is 5.98. The molecule has 0 aliphatic heterocycles. The molecule has 0 atom stereocenters. The number of hydrogen-bond acceptors (Lipinski definition) is 2. The molecule has 1 aliphatic rings. The Labute approximate surface area is 135 Å². The van der Waals surface area contributed by atoms with Crippen LogP contribution in [0.3, 0.4) is 0 Å². The quantitative estimate of drug-likeness (QED) is 0.636. The molecule has 1 aliphatic carbocycles. The monoisotopic (exact) mass is 328 g/mol. The first-order chi connectivity index (χ1) is 10.6. The van der Waals surface area contributed by atoms with Crippen molar-refractivity contribution in [3.8, 4) is 5.75 Å². The zero-order valence-corrected chi connectivity index (χ0v) is 13.3. The van der Waals surface area contributed by atoms with Crippen molar-refractivity contribution >= 4 is 17.6 Å². The Balaban J connectivity index is 1.64. The van der Waals surface area contributed by atoms with E-state index in [9.17, 15) is 9.18 Å². The van der Waals surface area contributed by atoms with Crippen molar-refractivity contribution in [1.82, 2.24) is 10.6 Å². The Bertz CT molecular complexity index is 491. The molecule has 2 rings (SSSR count). The standard InChI is InChI=1S/C16H22ClFN2O2/c17-14-11-12(18)7-8-15(14)22-10-9-19-16(21)20-13-5-3-1-2-4-6-13/h7-8,11,13H,1-6,9-10H2,(H2,19,20,21). The van der Waals surface area contributed by atoms with Crippen molar-refractivity contribution in [3.63, 3.8) is 0 Å². The second-order valence-corrected chi connectivity index (χ2v) is 5.92. The van der Waals surface area contributed by atoms with E-state index in [0.717, 1.165) is 12.8 Å². The number of nitrogens with one attached hydrogen (secondary N) is 2. The van der Waals surface area contributed by atoms with Gasteiger partial charge in [-0.05, 0) is 31.0 Å². The molecule has 1 aromatic carbocycles. The molecule has 22 heavy (non-hydrogen) atoms. The summed E-state index contributed by atoms with van der Waals surface area (Å²) < 4.78 is 18.3. The summed E-state index contributed by atoms with van der Waals surface area (Å²) in [6.45, 7) is 0.649. The maximum atomic E-state index is 12.9. The highest BCUT2D eigenvalue weighted by Gasteiger charge is 2.14. The third-order valence-electron chi connectivity index (χ3n) is 3.73. The molecular formula is C16H22ClFN2O2. The molecule has 0 spiro atoms. The second kappa shape index (κ2) is 8.83. The zero-order valence-electron chi connectivity index (χ0n) is 12.5. The van der Waals surface area contributed by atoms with Crippen LogP contribution in [0.1, 0.15) is 38.5 Å². The summed E-state index contributed by atoms with van der Waals surface area (Å²) in [5.41, 5.74) is 0. The number of rotatable bonds is 5. The fraction of sp³-hybridized carbons (Fsp3) is 0.562. The van der Waals surface area contributed by atoms with Crippen molar-refractivity contribution in [1.29, 1.82) is 0 Å². The Hall–Kier alpha value is -1.49. The van der Waals surface area contributed by atoms with Gasteiger partial charge in [-0.3, -0.25) is 0 Å².